The second kappa shape index (κ2) is 10.3. The van der Waals surface area contributed by atoms with Crippen molar-refractivity contribution in [3.8, 4) is 5.75 Å². The van der Waals surface area contributed by atoms with E-state index < -0.39 is 17.8 Å². The number of nitrogens with zero attached hydrogens (tertiary/aromatic N) is 1. The molecule has 7 rings (SSSR count). The smallest absolute Gasteiger partial charge is 0.344 e. The Bertz CT molecular complexity index is 1640. The van der Waals surface area contributed by atoms with E-state index in [9.17, 15) is 19.2 Å². The van der Waals surface area contributed by atoms with Crippen LogP contribution in [-0.2, 0) is 19.1 Å². The van der Waals surface area contributed by atoms with Gasteiger partial charge in [-0.3, -0.25) is 19.3 Å². The van der Waals surface area contributed by atoms with E-state index in [1.807, 2.05) is 18.2 Å². The quantitative estimate of drug-likeness (QED) is 0.273. The van der Waals surface area contributed by atoms with Crippen molar-refractivity contribution in [2.45, 2.75) is 29.5 Å². The largest absolute Gasteiger partial charge is 0.482 e. The van der Waals surface area contributed by atoms with Crippen LogP contribution in [0.2, 0.25) is 5.02 Å². The molecule has 2 aliphatic heterocycles. The summed E-state index contributed by atoms with van der Waals surface area (Å²) in [6.07, 6.45) is 0.770. The Balaban J connectivity index is 1.30. The molecule has 3 fully saturated rings. The van der Waals surface area contributed by atoms with Gasteiger partial charge in [-0.1, -0.05) is 38.9 Å². The van der Waals surface area contributed by atoms with Crippen molar-refractivity contribution in [1.29, 1.82) is 0 Å². The third kappa shape index (κ3) is 4.30. The molecule has 3 heterocycles. The van der Waals surface area contributed by atoms with Crippen molar-refractivity contribution < 1.29 is 23.9 Å². The van der Waals surface area contributed by atoms with E-state index >= 15 is 0 Å². The van der Waals surface area contributed by atoms with Gasteiger partial charge in [-0.25, -0.2) is 4.79 Å². The third-order valence-electron chi connectivity index (χ3n) is 8.77. The number of benzene rings is 2. The fourth-order valence-electron chi connectivity index (χ4n) is 7.44. The van der Waals surface area contributed by atoms with Crippen LogP contribution < -0.4 is 14.5 Å². The molecule has 2 bridgehead atoms. The first-order valence-electron chi connectivity index (χ1n) is 13.4. The molecule has 12 heteroatoms. The first kappa shape index (κ1) is 27.2. The molecule has 7 atom stereocenters. The summed E-state index contributed by atoms with van der Waals surface area (Å²) in [6.45, 7) is 1.75. The Morgan fingerprint density at radius 3 is 2.56 bits per heavy atom. The van der Waals surface area contributed by atoms with Crippen LogP contribution in [0.15, 0.2) is 56.8 Å². The van der Waals surface area contributed by atoms with Gasteiger partial charge in [0.15, 0.2) is 6.61 Å². The minimum Gasteiger partial charge on any atom is -0.482 e. The monoisotopic (exact) mass is 674 g/mol. The van der Waals surface area contributed by atoms with E-state index in [1.54, 1.807) is 43.0 Å². The molecule has 4 aliphatic rings. The topological polar surface area (TPSA) is 106 Å². The van der Waals surface area contributed by atoms with Gasteiger partial charge < -0.3 is 14.5 Å². The molecule has 0 spiro atoms. The lowest BCUT2D eigenvalue weighted by atomic mass is 9.68. The zero-order valence-electron chi connectivity index (χ0n) is 21.7. The number of fused-ring (bicyclic) bond motifs is 9. The maximum Gasteiger partial charge on any atom is 0.344 e. The molecule has 2 amide bonds. The number of hydrogen-bond acceptors (Lipinski definition) is 8. The molecule has 0 radical (unpaired) electrons. The summed E-state index contributed by atoms with van der Waals surface area (Å²) in [5.41, 5.74) is 1.38. The summed E-state index contributed by atoms with van der Waals surface area (Å²) in [4.78, 5) is 57.6. The van der Waals surface area contributed by atoms with Crippen LogP contribution in [0.1, 0.15) is 29.7 Å². The van der Waals surface area contributed by atoms with Crippen LogP contribution in [0.4, 0.5) is 5.69 Å². The normalized spacial score (nSPS) is 29.3. The number of hydrogen-bond donors (Lipinski definition) is 1. The lowest BCUT2D eigenvalue weighted by molar-refractivity contribution is -0.145. The minimum atomic E-state index is -0.467. The number of imide groups is 1. The Hall–Kier alpha value is -2.60. The van der Waals surface area contributed by atoms with E-state index in [-0.39, 0.29) is 58.8 Å². The van der Waals surface area contributed by atoms with E-state index in [0.29, 0.717) is 16.5 Å². The fourth-order valence-corrected chi connectivity index (χ4v) is 10.8. The van der Waals surface area contributed by atoms with Gasteiger partial charge in [0.25, 0.3) is 0 Å². The summed E-state index contributed by atoms with van der Waals surface area (Å²) >= 11 is 12.5. The first-order chi connectivity index (χ1) is 19.8. The van der Waals surface area contributed by atoms with Crippen LogP contribution in [-0.4, -0.2) is 41.2 Å². The van der Waals surface area contributed by atoms with Gasteiger partial charge in [-0.2, -0.15) is 0 Å². The molecule has 41 heavy (non-hydrogen) atoms. The van der Waals surface area contributed by atoms with Gasteiger partial charge in [0.05, 0.1) is 29.2 Å². The molecule has 8 nitrogen and oxygen atoms in total. The Morgan fingerprint density at radius 1 is 1.10 bits per heavy atom. The molecule has 2 aliphatic carbocycles. The molecule has 1 aromatic heterocycles. The van der Waals surface area contributed by atoms with Crippen molar-refractivity contribution in [2.75, 3.05) is 18.1 Å². The number of H-pyrrole nitrogens is 1. The number of nitrogens with one attached hydrogen (secondary N) is 1. The number of thioether (sulfide) groups is 1. The van der Waals surface area contributed by atoms with Crippen LogP contribution >= 0.6 is 50.6 Å². The predicted molar refractivity (Wildman–Crippen MR) is 159 cm³/mol. The second-order valence-corrected chi connectivity index (χ2v) is 14.3. The summed E-state index contributed by atoms with van der Waals surface area (Å²) in [6, 6.07) is 12.4. The number of ether oxygens (including phenoxy) is 2. The van der Waals surface area contributed by atoms with Crippen molar-refractivity contribution in [2.24, 2.45) is 29.6 Å². The van der Waals surface area contributed by atoms with E-state index in [0.717, 1.165) is 26.4 Å². The maximum absolute atomic E-state index is 13.9. The van der Waals surface area contributed by atoms with Gasteiger partial charge in [0, 0.05) is 31.1 Å². The number of aromatic amines is 1. The molecular formula is C29H24BrClN2O6S2. The Kier molecular flexibility index (Phi) is 6.84. The number of amides is 2. The summed E-state index contributed by atoms with van der Waals surface area (Å²) in [7, 11) is 0. The second-order valence-electron chi connectivity index (χ2n) is 10.7. The Labute approximate surface area is 256 Å². The van der Waals surface area contributed by atoms with Gasteiger partial charge >= 0.3 is 10.8 Å². The van der Waals surface area contributed by atoms with E-state index in [2.05, 4.69) is 20.9 Å². The van der Waals surface area contributed by atoms with Crippen molar-refractivity contribution in [1.82, 2.24) is 4.98 Å². The molecule has 6 unspecified atom stereocenters. The molecule has 2 aromatic carbocycles. The molecule has 212 valence electrons. The van der Waals surface area contributed by atoms with Gasteiger partial charge in [0.2, 0.25) is 11.8 Å². The number of thiazole rings is 1. The maximum atomic E-state index is 13.9. The zero-order chi connectivity index (χ0) is 28.6. The summed E-state index contributed by atoms with van der Waals surface area (Å²) in [5.74, 6) is -1.41. The lowest BCUT2D eigenvalue weighted by Gasteiger charge is -2.43. The first-order valence-corrected chi connectivity index (χ1v) is 16.2. The highest BCUT2D eigenvalue weighted by Gasteiger charge is 2.69. The van der Waals surface area contributed by atoms with Crippen LogP contribution in [0.5, 0.6) is 5.75 Å². The SMILES string of the molecule is CCOC(=O)COc1ccc(Br)cc1[C@H]1c2sc(=O)[nH]c2SC2C3CC(C4C(=O)N(c5ccc(Cl)cc5)C(=O)C34)C21. The number of rotatable bonds is 6. The van der Waals surface area contributed by atoms with E-state index in [1.165, 1.54) is 16.2 Å². The molecular weight excluding hydrogens is 652 g/mol. The van der Waals surface area contributed by atoms with Crippen molar-refractivity contribution in [3.63, 3.8) is 0 Å². The van der Waals surface area contributed by atoms with Gasteiger partial charge in [-0.05, 0) is 73.6 Å². The fraction of sp³-hybridized carbons (Fsp3) is 0.379. The molecule has 3 aromatic rings. The number of esters is 1. The van der Waals surface area contributed by atoms with E-state index in [4.69, 9.17) is 21.1 Å². The lowest BCUT2D eigenvalue weighted by Crippen LogP contribution is -2.42. The zero-order valence-corrected chi connectivity index (χ0v) is 25.6. The van der Waals surface area contributed by atoms with Crippen LogP contribution in [0, 0.1) is 29.6 Å². The van der Waals surface area contributed by atoms with Crippen molar-refractivity contribution >= 4 is 74.1 Å². The summed E-state index contributed by atoms with van der Waals surface area (Å²) in [5, 5.41) is 1.37. The molecule has 2 saturated carbocycles. The van der Waals surface area contributed by atoms with Crippen LogP contribution in [0.3, 0.4) is 0 Å². The third-order valence-corrected chi connectivity index (χ3v) is 12.1. The van der Waals surface area contributed by atoms with Crippen LogP contribution in [0.25, 0.3) is 0 Å². The average Bonchev–Trinajstić information content (AvgIpc) is 3.67. The minimum absolute atomic E-state index is 0.00800. The number of anilines is 1. The number of carbonyl (C=O) groups excluding carboxylic acids is 3. The highest BCUT2D eigenvalue weighted by atomic mass is 79.9. The van der Waals surface area contributed by atoms with Crippen molar-refractivity contribution in [3.05, 3.63) is 72.1 Å². The standard InChI is InChI=1S/C29H24BrClN2O6S2/c1-2-38-19(34)11-39-18-8-3-12(30)9-15(18)20-21-16-10-17(24(21)40-26-25(20)41-29(37)32-26)23-22(16)27(35)33(28(23)36)14-6-4-13(31)5-7-14/h3-9,16-17,20-24H,2,10-11H2,1H3,(H,32,37)/t16?,17?,20-,21?,22?,23?,24?/m1/s1. The number of carbonyl (C=O) groups is 3. The predicted octanol–water partition coefficient (Wildman–Crippen LogP) is 5.47. The highest BCUT2D eigenvalue weighted by molar-refractivity contribution is 9.10. The number of aromatic nitrogens is 1. The summed E-state index contributed by atoms with van der Waals surface area (Å²) < 4.78 is 11.9. The van der Waals surface area contributed by atoms with Gasteiger partial charge in [-0.15, -0.1) is 11.8 Å². The molecule has 1 N–H and O–H groups in total. The van der Waals surface area contributed by atoms with Gasteiger partial charge in [0.1, 0.15) is 5.75 Å². The highest BCUT2D eigenvalue weighted by Crippen LogP contribution is 2.69. The number of halogens is 2. The molecule has 1 saturated heterocycles. The average molecular weight is 676 g/mol. The Morgan fingerprint density at radius 2 is 1.83 bits per heavy atom.